The molecule has 0 aromatic rings. The lowest BCUT2D eigenvalue weighted by molar-refractivity contribution is 0.0278. The Bertz CT molecular complexity index is 263. The summed E-state index contributed by atoms with van der Waals surface area (Å²) in [6.45, 7) is 0. The SMILES string of the molecule is C#CCC1(O)CC2CCC(C1)S2=O. The van der Waals surface area contributed by atoms with E-state index in [9.17, 15) is 9.32 Å². The molecule has 0 aliphatic carbocycles. The maximum Gasteiger partial charge on any atom is 0.0779 e. The van der Waals surface area contributed by atoms with E-state index in [1.807, 2.05) is 0 Å². The summed E-state index contributed by atoms with van der Waals surface area (Å²) in [5, 5.41) is 10.5. The summed E-state index contributed by atoms with van der Waals surface area (Å²) in [5.41, 5.74) is -0.714. The first-order chi connectivity index (χ1) is 6.14. The molecule has 2 heterocycles. The molecular formula is C10H14O2S. The van der Waals surface area contributed by atoms with Crippen LogP contribution >= 0.6 is 0 Å². The molecule has 2 nitrogen and oxygen atoms in total. The van der Waals surface area contributed by atoms with Crippen LogP contribution in [0.25, 0.3) is 0 Å². The van der Waals surface area contributed by atoms with E-state index in [0.29, 0.717) is 19.3 Å². The van der Waals surface area contributed by atoms with E-state index in [0.717, 1.165) is 12.8 Å². The molecule has 0 amide bonds. The second-order valence-corrected chi connectivity index (χ2v) is 6.15. The molecule has 0 aromatic carbocycles. The number of hydrogen-bond donors (Lipinski definition) is 1. The fourth-order valence-corrected chi connectivity index (χ4v) is 4.74. The van der Waals surface area contributed by atoms with Gasteiger partial charge in [-0.2, -0.15) is 0 Å². The van der Waals surface area contributed by atoms with E-state index in [2.05, 4.69) is 5.92 Å². The molecule has 3 heteroatoms. The highest BCUT2D eigenvalue weighted by atomic mass is 32.2. The quantitative estimate of drug-likeness (QED) is 0.633. The molecule has 2 aliphatic heterocycles. The van der Waals surface area contributed by atoms with Gasteiger partial charge in [-0.15, -0.1) is 12.3 Å². The van der Waals surface area contributed by atoms with Gasteiger partial charge in [-0.25, -0.2) is 0 Å². The van der Waals surface area contributed by atoms with E-state index < -0.39 is 16.4 Å². The van der Waals surface area contributed by atoms with Crippen molar-refractivity contribution in [2.24, 2.45) is 0 Å². The molecule has 2 rings (SSSR count). The van der Waals surface area contributed by atoms with Gasteiger partial charge in [0.15, 0.2) is 0 Å². The van der Waals surface area contributed by atoms with Gasteiger partial charge in [-0.3, -0.25) is 4.21 Å². The highest BCUT2D eigenvalue weighted by molar-refractivity contribution is 7.86. The Hall–Kier alpha value is -0.330. The monoisotopic (exact) mass is 198 g/mol. The zero-order valence-electron chi connectivity index (χ0n) is 7.53. The van der Waals surface area contributed by atoms with Crippen molar-refractivity contribution in [2.75, 3.05) is 0 Å². The Kier molecular flexibility index (Phi) is 2.21. The van der Waals surface area contributed by atoms with Gasteiger partial charge >= 0.3 is 0 Å². The van der Waals surface area contributed by atoms with Crippen molar-refractivity contribution in [1.82, 2.24) is 0 Å². The number of fused-ring (bicyclic) bond motifs is 2. The van der Waals surface area contributed by atoms with Crippen molar-refractivity contribution in [2.45, 2.75) is 48.2 Å². The van der Waals surface area contributed by atoms with Crippen molar-refractivity contribution in [3.05, 3.63) is 0 Å². The standard InChI is InChI=1S/C10H14O2S/c1-2-5-10(11)6-8-3-4-9(7-10)13(8)12/h1,8-9,11H,3-7H2. The minimum absolute atomic E-state index is 0.206. The lowest BCUT2D eigenvalue weighted by Gasteiger charge is -2.34. The molecule has 72 valence electrons. The third-order valence-electron chi connectivity index (χ3n) is 3.11. The third-order valence-corrected chi connectivity index (χ3v) is 5.23. The van der Waals surface area contributed by atoms with Crippen molar-refractivity contribution >= 4 is 10.8 Å². The average molecular weight is 198 g/mol. The number of terminal acetylenes is 1. The Labute approximate surface area is 81.2 Å². The highest BCUT2D eigenvalue weighted by Gasteiger charge is 2.47. The molecule has 2 aliphatic rings. The van der Waals surface area contributed by atoms with E-state index >= 15 is 0 Å². The molecule has 2 atom stereocenters. The minimum Gasteiger partial charge on any atom is -0.389 e. The molecule has 13 heavy (non-hydrogen) atoms. The van der Waals surface area contributed by atoms with Crippen LogP contribution in [-0.4, -0.2) is 25.4 Å². The fourth-order valence-electron chi connectivity index (χ4n) is 2.51. The summed E-state index contributed by atoms with van der Waals surface area (Å²) in [6.07, 6.45) is 8.91. The largest absolute Gasteiger partial charge is 0.389 e. The molecular weight excluding hydrogens is 184 g/mol. The molecule has 1 N–H and O–H groups in total. The van der Waals surface area contributed by atoms with E-state index in [4.69, 9.17) is 6.42 Å². The topological polar surface area (TPSA) is 37.3 Å². The Balaban J connectivity index is 2.15. The summed E-state index contributed by atoms with van der Waals surface area (Å²) in [6, 6.07) is 0. The van der Waals surface area contributed by atoms with Crippen LogP contribution in [0.5, 0.6) is 0 Å². The highest BCUT2D eigenvalue weighted by Crippen LogP contribution is 2.41. The average Bonchev–Trinajstić information content (AvgIpc) is 2.34. The van der Waals surface area contributed by atoms with Crippen LogP contribution in [0.4, 0.5) is 0 Å². The summed E-state index contributed by atoms with van der Waals surface area (Å²) < 4.78 is 11.6. The first kappa shape index (κ1) is 9.23. The first-order valence-corrected chi connectivity index (χ1v) is 5.97. The summed E-state index contributed by atoms with van der Waals surface area (Å²) in [4.78, 5) is 0. The predicted molar refractivity (Wildman–Crippen MR) is 52.6 cm³/mol. The van der Waals surface area contributed by atoms with Crippen LogP contribution in [0.1, 0.15) is 32.1 Å². The van der Waals surface area contributed by atoms with Gasteiger partial charge in [0.25, 0.3) is 0 Å². The second-order valence-electron chi connectivity index (χ2n) is 4.16. The Morgan fingerprint density at radius 3 is 2.46 bits per heavy atom. The zero-order chi connectivity index (χ0) is 9.47. The maximum absolute atomic E-state index is 11.6. The second kappa shape index (κ2) is 3.11. The normalized spacial score (nSPS) is 48.8. The molecule has 2 fully saturated rings. The Morgan fingerprint density at radius 2 is 2.00 bits per heavy atom. The number of hydrogen-bond acceptors (Lipinski definition) is 2. The van der Waals surface area contributed by atoms with Gasteiger partial charge in [0.05, 0.1) is 5.60 Å². The van der Waals surface area contributed by atoms with Gasteiger partial charge < -0.3 is 5.11 Å². The van der Waals surface area contributed by atoms with Crippen molar-refractivity contribution in [3.8, 4) is 12.3 Å². The molecule has 2 unspecified atom stereocenters. The van der Waals surface area contributed by atoms with Crippen molar-refractivity contribution < 1.29 is 9.32 Å². The lowest BCUT2D eigenvalue weighted by Crippen LogP contribution is -2.42. The summed E-state index contributed by atoms with van der Waals surface area (Å²) in [5.74, 6) is 2.51. The van der Waals surface area contributed by atoms with Gasteiger partial charge in [-0.05, 0) is 25.7 Å². The summed E-state index contributed by atoms with van der Waals surface area (Å²) in [7, 11) is -0.697. The van der Waals surface area contributed by atoms with Crippen LogP contribution < -0.4 is 0 Å². The van der Waals surface area contributed by atoms with Crippen LogP contribution in [0.3, 0.4) is 0 Å². The lowest BCUT2D eigenvalue weighted by atomic mass is 9.90. The minimum atomic E-state index is -0.714. The molecule has 0 saturated carbocycles. The number of rotatable bonds is 1. The third kappa shape index (κ3) is 1.53. The van der Waals surface area contributed by atoms with Crippen LogP contribution in [0, 0.1) is 12.3 Å². The van der Waals surface area contributed by atoms with Gasteiger partial charge in [0, 0.05) is 27.7 Å². The number of aliphatic hydroxyl groups is 1. The van der Waals surface area contributed by atoms with E-state index in [1.165, 1.54) is 0 Å². The molecule has 2 bridgehead atoms. The van der Waals surface area contributed by atoms with E-state index in [-0.39, 0.29) is 10.5 Å². The van der Waals surface area contributed by atoms with Gasteiger partial charge in [0.2, 0.25) is 0 Å². The zero-order valence-corrected chi connectivity index (χ0v) is 8.35. The van der Waals surface area contributed by atoms with Crippen molar-refractivity contribution in [1.29, 1.82) is 0 Å². The van der Waals surface area contributed by atoms with Crippen LogP contribution in [0.2, 0.25) is 0 Å². The maximum atomic E-state index is 11.6. The first-order valence-electron chi connectivity index (χ1n) is 4.70. The van der Waals surface area contributed by atoms with Crippen molar-refractivity contribution in [3.63, 3.8) is 0 Å². The smallest absolute Gasteiger partial charge is 0.0779 e. The molecule has 0 radical (unpaired) electrons. The predicted octanol–water partition coefficient (Wildman–Crippen LogP) is 0.814. The van der Waals surface area contributed by atoms with Crippen LogP contribution in [0.15, 0.2) is 0 Å². The molecule has 2 saturated heterocycles. The van der Waals surface area contributed by atoms with Crippen LogP contribution in [-0.2, 0) is 10.8 Å². The molecule has 0 spiro atoms. The van der Waals surface area contributed by atoms with Gasteiger partial charge in [-0.1, -0.05) is 0 Å². The Morgan fingerprint density at radius 1 is 1.46 bits per heavy atom. The fraction of sp³-hybridized carbons (Fsp3) is 0.800. The van der Waals surface area contributed by atoms with Gasteiger partial charge in [0.1, 0.15) is 0 Å². The molecule has 0 aromatic heterocycles. The summed E-state index contributed by atoms with van der Waals surface area (Å²) >= 11 is 0. The van der Waals surface area contributed by atoms with E-state index in [1.54, 1.807) is 0 Å².